The zero-order chi connectivity index (χ0) is 15.2. The summed E-state index contributed by atoms with van der Waals surface area (Å²) < 4.78 is 4.66. The van der Waals surface area contributed by atoms with Crippen molar-refractivity contribution >= 4 is 17.6 Å². The lowest BCUT2D eigenvalue weighted by Crippen LogP contribution is -2.04. The first-order chi connectivity index (χ1) is 10.1. The molecule has 2 rings (SSSR count). The number of rotatable bonds is 5. The molecular weight excluding hydrogens is 270 g/mol. The number of esters is 1. The minimum atomic E-state index is -0.954. The van der Waals surface area contributed by atoms with Gasteiger partial charge in [0.15, 0.2) is 0 Å². The first-order valence-electron chi connectivity index (χ1n) is 6.34. The van der Waals surface area contributed by atoms with E-state index in [4.69, 9.17) is 5.11 Å². The van der Waals surface area contributed by atoms with Gasteiger partial charge in [-0.15, -0.1) is 0 Å². The fourth-order valence-corrected chi connectivity index (χ4v) is 1.89. The number of nitrogens with one attached hydrogen (secondary N) is 1. The summed E-state index contributed by atoms with van der Waals surface area (Å²) in [6.07, 6.45) is 0. The highest BCUT2D eigenvalue weighted by molar-refractivity contribution is 5.90. The van der Waals surface area contributed by atoms with E-state index in [0.717, 1.165) is 11.3 Å². The van der Waals surface area contributed by atoms with Crippen LogP contribution in [0.2, 0.25) is 0 Å². The molecule has 0 heterocycles. The van der Waals surface area contributed by atoms with Crippen molar-refractivity contribution in [3.63, 3.8) is 0 Å². The molecule has 0 unspecified atom stereocenters. The second-order valence-corrected chi connectivity index (χ2v) is 4.43. The van der Waals surface area contributed by atoms with Crippen LogP contribution >= 0.6 is 0 Å². The van der Waals surface area contributed by atoms with Gasteiger partial charge < -0.3 is 15.2 Å². The van der Waals surface area contributed by atoms with E-state index in [2.05, 4.69) is 10.1 Å². The Balaban J connectivity index is 2.08. The van der Waals surface area contributed by atoms with Gasteiger partial charge in [-0.05, 0) is 35.9 Å². The summed E-state index contributed by atoms with van der Waals surface area (Å²) in [5.74, 6) is -1.35. The Hall–Kier alpha value is -2.82. The molecule has 0 bridgehead atoms. The number of carbonyl (C=O) groups excluding carboxylic acids is 1. The lowest BCUT2D eigenvalue weighted by Gasteiger charge is -2.08. The Morgan fingerprint density at radius 1 is 1.10 bits per heavy atom. The third kappa shape index (κ3) is 3.82. The predicted molar refractivity (Wildman–Crippen MR) is 78.5 cm³/mol. The zero-order valence-electron chi connectivity index (χ0n) is 11.5. The van der Waals surface area contributed by atoms with E-state index in [1.807, 2.05) is 12.1 Å². The average Bonchev–Trinajstić information content (AvgIpc) is 2.52. The average molecular weight is 285 g/mol. The van der Waals surface area contributed by atoms with Crippen molar-refractivity contribution < 1.29 is 19.4 Å². The molecule has 0 aliphatic heterocycles. The Morgan fingerprint density at radius 3 is 2.52 bits per heavy atom. The molecule has 0 saturated carbocycles. The molecule has 108 valence electrons. The molecule has 0 fully saturated rings. The number of carboxylic acid groups (broad SMARTS) is 1. The number of hydrogen-bond acceptors (Lipinski definition) is 4. The van der Waals surface area contributed by atoms with Crippen molar-refractivity contribution in [2.45, 2.75) is 6.54 Å². The van der Waals surface area contributed by atoms with Crippen molar-refractivity contribution in [1.29, 1.82) is 0 Å². The Labute approximate surface area is 122 Å². The van der Waals surface area contributed by atoms with Gasteiger partial charge in [0, 0.05) is 12.2 Å². The van der Waals surface area contributed by atoms with E-state index in [9.17, 15) is 9.59 Å². The van der Waals surface area contributed by atoms with Crippen LogP contribution in [-0.2, 0) is 11.3 Å². The van der Waals surface area contributed by atoms with Gasteiger partial charge in [-0.25, -0.2) is 9.59 Å². The Bertz CT molecular complexity index is 667. The SMILES string of the molecule is COC(=O)c1cccc(NCc2cccc(C(=O)O)c2)c1. The number of aromatic carboxylic acids is 1. The maximum atomic E-state index is 11.4. The van der Waals surface area contributed by atoms with Crippen LogP contribution in [0.4, 0.5) is 5.69 Å². The number of anilines is 1. The third-order valence-electron chi connectivity index (χ3n) is 2.95. The van der Waals surface area contributed by atoms with Crippen LogP contribution in [0.3, 0.4) is 0 Å². The number of carbonyl (C=O) groups is 2. The minimum Gasteiger partial charge on any atom is -0.478 e. The van der Waals surface area contributed by atoms with Gasteiger partial charge in [0.25, 0.3) is 0 Å². The van der Waals surface area contributed by atoms with Crippen molar-refractivity contribution in [2.24, 2.45) is 0 Å². The van der Waals surface area contributed by atoms with E-state index in [1.54, 1.807) is 36.4 Å². The summed E-state index contributed by atoms with van der Waals surface area (Å²) in [6, 6.07) is 13.6. The number of benzene rings is 2. The summed E-state index contributed by atoms with van der Waals surface area (Å²) >= 11 is 0. The van der Waals surface area contributed by atoms with Gasteiger partial charge in [0.1, 0.15) is 0 Å². The van der Waals surface area contributed by atoms with Gasteiger partial charge in [0.05, 0.1) is 18.2 Å². The lowest BCUT2D eigenvalue weighted by atomic mass is 10.1. The van der Waals surface area contributed by atoms with E-state index in [0.29, 0.717) is 12.1 Å². The Morgan fingerprint density at radius 2 is 1.81 bits per heavy atom. The van der Waals surface area contributed by atoms with Gasteiger partial charge in [-0.1, -0.05) is 18.2 Å². The number of hydrogen-bond donors (Lipinski definition) is 2. The number of methoxy groups -OCH3 is 1. The highest BCUT2D eigenvalue weighted by Crippen LogP contribution is 2.14. The molecule has 2 aromatic rings. The third-order valence-corrected chi connectivity index (χ3v) is 2.95. The van der Waals surface area contributed by atoms with Crippen molar-refractivity contribution in [3.8, 4) is 0 Å². The van der Waals surface area contributed by atoms with Crippen molar-refractivity contribution in [2.75, 3.05) is 12.4 Å². The molecule has 5 nitrogen and oxygen atoms in total. The summed E-state index contributed by atoms with van der Waals surface area (Å²) in [5, 5.41) is 12.1. The van der Waals surface area contributed by atoms with Crippen molar-refractivity contribution in [1.82, 2.24) is 0 Å². The summed E-state index contributed by atoms with van der Waals surface area (Å²) in [6.45, 7) is 0.464. The second kappa shape index (κ2) is 6.56. The van der Waals surface area contributed by atoms with Crippen LogP contribution in [0, 0.1) is 0 Å². The number of carboxylic acids is 1. The van der Waals surface area contributed by atoms with Crippen LogP contribution in [0.15, 0.2) is 48.5 Å². The molecule has 21 heavy (non-hydrogen) atoms. The molecule has 0 spiro atoms. The fraction of sp³-hybridized carbons (Fsp3) is 0.125. The zero-order valence-corrected chi connectivity index (χ0v) is 11.5. The van der Waals surface area contributed by atoms with Crippen molar-refractivity contribution in [3.05, 3.63) is 65.2 Å². The van der Waals surface area contributed by atoms with Gasteiger partial charge in [0.2, 0.25) is 0 Å². The van der Waals surface area contributed by atoms with E-state index in [1.165, 1.54) is 7.11 Å². The maximum Gasteiger partial charge on any atom is 0.337 e. The topological polar surface area (TPSA) is 75.6 Å². The highest BCUT2D eigenvalue weighted by Gasteiger charge is 2.06. The molecule has 0 atom stereocenters. The Kier molecular flexibility index (Phi) is 4.56. The molecule has 0 aromatic heterocycles. The van der Waals surface area contributed by atoms with E-state index >= 15 is 0 Å². The molecule has 0 aliphatic carbocycles. The van der Waals surface area contributed by atoms with Crippen LogP contribution in [0.5, 0.6) is 0 Å². The van der Waals surface area contributed by atoms with E-state index < -0.39 is 11.9 Å². The van der Waals surface area contributed by atoms with Gasteiger partial charge in [-0.2, -0.15) is 0 Å². The standard InChI is InChI=1S/C16H15NO4/c1-21-16(20)13-6-3-7-14(9-13)17-10-11-4-2-5-12(8-11)15(18)19/h2-9,17H,10H2,1H3,(H,18,19). The number of ether oxygens (including phenoxy) is 1. The normalized spacial score (nSPS) is 9.95. The second-order valence-electron chi connectivity index (χ2n) is 4.43. The molecule has 0 saturated heterocycles. The smallest absolute Gasteiger partial charge is 0.337 e. The molecule has 0 radical (unpaired) electrons. The molecule has 5 heteroatoms. The monoisotopic (exact) mass is 285 g/mol. The molecule has 0 aliphatic rings. The first-order valence-corrected chi connectivity index (χ1v) is 6.34. The quantitative estimate of drug-likeness (QED) is 0.826. The predicted octanol–water partition coefficient (Wildman–Crippen LogP) is 2.78. The van der Waals surface area contributed by atoms with Gasteiger partial charge >= 0.3 is 11.9 Å². The molecular formula is C16H15NO4. The van der Waals surface area contributed by atoms with Crippen LogP contribution in [0.1, 0.15) is 26.3 Å². The summed E-state index contributed by atoms with van der Waals surface area (Å²) in [4.78, 5) is 22.4. The molecule has 2 aromatic carbocycles. The fourth-order valence-electron chi connectivity index (χ4n) is 1.89. The van der Waals surface area contributed by atoms with Crippen LogP contribution in [-0.4, -0.2) is 24.2 Å². The van der Waals surface area contributed by atoms with E-state index in [-0.39, 0.29) is 5.56 Å². The van der Waals surface area contributed by atoms with Crippen LogP contribution < -0.4 is 5.32 Å². The largest absolute Gasteiger partial charge is 0.478 e. The van der Waals surface area contributed by atoms with Crippen LogP contribution in [0.25, 0.3) is 0 Å². The maximum absolute atomic E-state index is 11.4. The summed E-state index contributed by atoms with van der Waals surface area (Å²) in [7, 11) is 1.33. The van der Waals surface area contributed by atoms with Gasteiger partial charge in [-0.3, -0.25) is 0 Å². The minimum absolute atomic E-state index is 0.248. The highest BCUT2D eigenvalue weighted by atomic mass is 16.5. The summed E-state index contributed by atoms with van der Waals surface area (Å²) in [5.41, 5.74) is 2.32. The first kappa shape index (κ1) is 14.6. The molecule has 2 N–H and O–H groups in total. The molecule has 0 amide bonds. The lowest BCUT2D eigenvalue weighted by molar-refractivity contribution is 0.0600.